The molecule has 0 saturated heterocycles. The monoisotopic (exact) mass is 191 g/mol. The summed E-state index contributed by atoms with van der Waals surface area (Å²) in [5.41, 5.74) is 2.37. The first-order valence-corrected chi connectivity index (χ1v) is 4.63. The van der Waals surface area contributed by atoms with Crippen LogP contribution >= 0.6 is 0 Å². The van der Waals surface area contributed by atoms with E-state index >= 15 is 0 Å². The van der Waals surface area contributed by atoms with Gasteiger partial charge in [-0.3, -0.25) is 0 Å². The Hall–Kier alpha value is -1.34. The van der Waals surface area contributed by atoms with Gasteiger partial charge in [-0.1, -0.05) is 0 Å². The van der Waals surface area contributed by atoms with Gasteiger partial charge in [0.2, 0.25) is 0 Å². The van der Waals surface area contributed by atoms with Crippen molar-refractivity contribution in [1.29, 1.82) is 5.26 Å². The molecular weight excluding hydrogens is 178 g/mol. The third-order valence-electron chi connectivity index (χ3n) is 2.29. The van der Waals surface area contributed by atoms with Crippen molar-refractivity contribution in [3.8, 4) is 6.07 Å². The molecular formula is C10H13N3O. The molecule has 4 nitrogen and oxygen atoms in total. The third kappa shape index (κ3) is 1.21. The van der Waals surface area contributed by atoms with Gasteiger partial charge in [0.25, 0.3) is 0 Å². The van der Waals surface area contributed by atoms with Gasteiger partial charge < -0.3 is 4.74 Å². The summed E-state index contributed by atoms with van der Waals surface area (Å²) in [5, 5.41) is 13.5. The summed E-state index contributed by atoms with van der Waals surface area (Å²) in [5.74, 6) is 0. The van der Waals surface area contributed by atoms with Crippen LogP contribution in [0.15, 0.2) is 0 Å². The van der Waals surface area contributed by atoms with Crippen LogP contribution in [0.3, 0.4) is 0 Å². The Morgan fingerprint density at radius 1 is 1.43 bits per heavy atom. The fourth-order valence-electron chi connectivity index (χ4n) is 1.61. The molecule has 1 aliphatic heterocycles. The molecule has 74 valence electrons. The first kappa shape index (κ1) is 9.22. The highest BCUT2D eigenvalue weighted by Gasteiger charge is 2.27. The zero-order valence-electron chi connectivity index (χ0n) is 8.66. The smallest absolute Gasteiger partial charge is 0.144 e. The molecule has 2 heterocycles. The van der Waals surface area contributed by atoms with Crippen LogP contribution in [-0.4, -0.2) is 9.78 Å². The van der Waals surface area contributed by atoms with Gasteiger partial charge in [0.1, 0.15) is 11.8 Å². The molecule has 0 atom stereocenters. The lowest BCUT2D eigenvalue weighted by Gasteiger charge is -2.20. The van der Waals surface area contributed by atoms with E-state index in [1.54, 1.807) is 4.68 Å². The molecule has 0 N–H and O–H groups in total. The van der Waals surface area contributed by atoms with E-state index in [4.69, 9.17) is 10.00 Å². The Morgan fingerprint density at radius 3 is 2.71 bits per heavy atom. The zero-order valence-corrected chi connectivity index (χ0v) is 8.66. The Morgan fingerprint density at radius 2 is 2.14 bits per heavy atom. The molecule has 0 saturated carbocycles. The summed E-state index contributed by atoms with van der Waals surface area (Å²) in [6, 6.07) is 2.20. The predicted octanol–water partition coefficient (Wildman–Crippen LogP) is 1.54. The van der Waals surface area contributed by atoms with E-state index in [2.05, 4.69) is 11.2 Å². The first-order valence-electron chi connectivity index (χ1n) is 4.63. The number of nitrogens with zero attached hydrogens (tertiary/aromatic N) is 3. The van der Waals surface area contributed by atoms with Gasteiger partial charge in [-0.2, -0.15) is 10.4 Å². The number of fused-ring (bicyclic) bond motifs is 1. The summed E-state index contributed by atoms with van der Waals surface area (Å²) in [6.45, 7) is 7.17. The number of ether oxygens (including phenoxy) is 1. The van der Waals surface area contributed by atoms with E-state index in [0.29, 0.717) is 18.9 Å². The molecule has 0 spiro atoms. The van der Waals surface area contributed by atoms with Gasteiger partial charge >= 0.3 is 0 Å². The molecule has 0 amide bonds. The van der Waals surface area contributed by atoms with Crippen molar-refractivity contribution in [2.24, 2.45) is 0 Å². The van der Waals surface area contributed by atoms with Crippen LogP contribution in [0.5, 0.6) is 0 Å². The highest BCUT2D eigenvalue weighted by molar-refractivity contribution is 5.37. The topological polar surface area (TPSA) is 50.8 Å². The lowest BCUT2D eigenvalue weighted by atomic mass is 10.1. The van der Waals surface area contributed by atoms with E-state index in [1.807, 2.05) is 20.8 Å². The molecule has 4 heteroatoms. The second kappa shape index (κ2) is 2.82. The molecule has 2 rings (SSSR count). The van der Waals surface area contributed by atoms with E-state index in [0.717, 1.165) is 11.3 Å². The zero-order chi connectivity index (χ0) is 10.3. The Kier molecular flexibility index (Phi) is 1.86. The van der Waals surface area contributed by atoms with E-state index in [1.165, 1.54) is 0 Å². The molecule has 1 aliphatic rings. The molecule has 1 aromatic heterocycles. The highest BCUT2D eigenvalue weighted by Crippen LogP contribution is 2.26. The summed E-state index contributed by atoms with van der Waals surface area (Å²) in [4.78, 5) is 0. The average molecular weight is 191 g/mol. The highest BCUT2D eigenvalue weighted by atomic mass is 16.5. The first-order chi connectivity index (χ1) is 6.54. The average Bonchev–Trinajstić information content (AvgIpc) is 2.58. The summed E-state index contributed by atoms with van der Waals surface area (Å²) in [6.07, 6.45) is 0. The van der Waals surface area contributed by atoms with Crippen molar-refractivity contribution in [3.63, 3.8) is 0 Å². The minimum absolute atomic E-state index is 0.143. The summed E-state index contributed by atoms with van der Waals surface area (Å²) in [7, 11) is 0. The van der Waals surface area contributed by atoms with Crippen molar-refractivity contribution in [2.45, 2.75) is 39.5 Å². The van der Waals surface area contributed by atoms with Crippen molar-refractivity contribution in [3.05, 3.63) is 17.0 Å². The number of rotatable bonds is 0. The van der Waals surface area contributed by atoms with E-state index < -0.39 is 0 Å². The van der Waals surface area contributed by atoms with Crippen LogP contribution in [0.4, 0.5) is 0 Å². The largest absolute Gasteiger partial charge is 0.370 e. The normalized spacial score (nSPS) is 15.3. The SMILES string of the molecule is CC(C)(C)n1nc2c(c1C#N)COC2. The van der Waals surface area contributed by atoms with Gasteiger partial charge in [-0.15, -0.1) is 0 Å². The van der Waals surface area contributed by atoms with Crippen LogP contribution in [0.2, 0.25) is 0 Å². The predicted molar refractivity (Wildman–Crippen MR) is 50.4 cm³/mol. The fourth-order valence-corrected chi connectivity index (χ4v) is 1.61. The van der Waals surface area contributed by atoms with Gasteiger partial charge in [0, 0.05) is 5.56 Å². The quantitative estimate of drug-likeness (QED) is 0.625. The molecule has 0 bridgehead atoms. The van der Waals surface area contributed by atoms with Crippen molar-refractivity contribution < 1.29 is 4.74 Å². The standard InChI is InChI=1S/C10H13N3O/c1-10(2,3)13-9(4-11)7-5-14-6-8(7)12-13/h5-6H2,1-3H3. The van der Waals surface area contributed by atoms with Crippen LogP contribution in [0.1, 0.15) is 37.7 Å². The van der Waals surface area contributed by atoms with E-state index in [9.17, 15) is 0 Å². The lowest BCUT2D eigenvalue weighted by molar-refractivity contribution is 0.129. The van der Waals surface area contributed by atoms with Crippen molar-refractivity contribution in [1.82, 2.24) is 9.78 Å². The van der Waals surface area contributed by atoms with E-state index in [-0.39, 0.29) is 5.54 Å². The van der Waals surface area contributed by atoms with Crippen LogP contribution in [0.25, 0.3) is 0 Å². The molecule has 0 unspecified atom stereocenters. The maximum atomic E-state index is 9.07. The molecule has 0 aromatic carbocycles. The number of hydrogen-bond donors (Lipinski definition) is 0. The second-order valence-corrected chi connectivity index (χ2v) is 4.46. The fraction of sp³-hybridized carbons (Fsp3) is 0.600. The minimum Gasteiger partial charge on any atom is -0.370 e. The van der Waals surface area contributed by atoms with Gasteiger partial charge in [0.15, 0.2) is 0 Å². The number of nitriles is 1. The summed E-state index contributed by atoms with van der Waals surface area (Å²) < 4.78 is 7.03. The molecule has 0 aliphatic carbocycles. The Balaban J connectivity index is 2.59. The molecule has 1 aromatic rings. The maximum Gasteiger partial charge on any atom is 0.144 e. The molecule has 0 fully saturated rings. The van der Waals surface area contributed by atoms with Crippen LogP contribution in [-0.2, 0) is 23.5 Å². The van der Waals surface area contributed by atoms with Gasteiger partial charge in [-0.05, 0) is 20.8 Å². The third-order valence-corrected chi connectivity index (χ3v) is 2.29. The molecule has 14 heavy (non-hydrogen) atoms. The van der Waals surface area contributed by atoms with Crippen LogP contribution < -0.4 is 0 Å². The lowest BCUT2D eigenvalue weighted by Crippen LogP contribution is -2.25. The minimum atomic E-state index is -0.143. The molecule has 0 radical (unpaired) electrons. The van der Waals surface area contributed by atoms with Crippen LogP contribution in [0, 0.1) is 11.3 Å². The Labute approximate surface area is 83.1 Å². The van der Waals surface area contributed by atoms with Crippen molar-refractivity contribution in [2.75, 3.05) is 0 Å². The second-order valence-electron chi connectivity index (χ2n) is 4.46. The Bertz CT molecular complexity index is 406. The van der Waals surface area contributed by atoms with Crippen molar-refractivity contribution >= 4 is 0 Å². The van der Waals surface area contributed by atoms with Gasteiger partial charge in [0.05, 0.1) is 24.4 Å². The number of hydrogen-bond acceptors (Lipinski definition) is 3. The van der Waals surface area contributed by atoms with Gasteiger partial charge in [-0.25, -0.2) is 4.68 Å². The maximum absolute atomic E-state index is 9.07. The summed E-state index contributed by atoms with van der Waals surface area (Å²) >= 11 is 0. The number of aromatic nitrogens is 2.